The van der Waals surface area contributed by atoms with Gasteiger partial charge in [0.05, 0.1) is 12.1 Å². The van der Waals surface area contributed by atoms with Crippen LogP contribution in [-0.2, 0) is 4.79 Å². The van der Waals surface area contributed by atoms with Crippen LogP contribution in [0.5, 0.6) is 11.5 Å². The van der Waals surface area contributed by atoms with E-state index in [0.717, 1.165) is 5.75 Å². The fraction of sp³-hybridized carbons (Fsp3) is 0.188. The Kier molecular flexibility index (Phi) is 5.52. The minimum Gasteiger partial charge on any atom is -0.497 e. The first-order valence-corrected chi connectivity index (χ1v) is 7.32. The van der Waals surface area contributed by atoms with Crippen LogP contribution in [0.25, 0.3) is 0 Å². The molecular formula is C16H15Cl2NO3. The van der Waals surface area contributed by atoms with E-state index in [-0.39, 0.29) is 5.91 Å². The molecule has 2 aromatic carbocycles. The summed E-state index contributed by atoms with van der Waals surface area (Å²) in [5.74, 6) is 0.842. The third-order valence-corrected chi connectivity index (χ3v) is 3.45. The molecule has 0 saturated heterocycles. The number of benzene rings is 2. The summed E-state index contributed by atoms with van der Waals surface area (Å²) in [5, 5.41) is 3.62. The molecule has 22 heavy (non-hydrogen) atoms. The smallest absolute Gasteiger partial charge is 0.265 e. The number of nitrogens with one attached hydrogen (secondary N) is 1. The van der Waals surface area contributed by atoms with Crippen molar-refractivity contribution in [3.63, 3.8) is 0 Å². The van der Waals surface area contributed by atoms with Crippen LogP contribution >= 0.6 is 23.2 Å². The number of methoxy groups -OCH3 is 1. The molecule has 4 nitrogen and oxygen atoms in total. The zero-order chi connectivity index (χ0) is 16.1. The van der Waals surface area contributed by atoms with Crippen LogP contribution in [0.15, 0.2) is 42.5 Å². The molecule has 1 amide bonds. The lowest BCUT2D eigenvalue weighted by Gasteiger charge is -2.16. The summed E-state index contributed by atoms with van der Waals surface area (Å²) < 4.78 is 10.6. The third kappa shape index (κ3) is 4.29. The molecule has 2 rings (SSSR count). The SMILES string of the molecule is COc1ccc(NC(=O)C(C)Oc2ccc(Cl)cc2Cl)cc1. The van der Waals surface area contributed by atoms with E-state index in [1.165, 1.54) is 0 Å². The number of ether oxygens (including phenoxy) is 2. The molecule has 0 aromatic heterocycles. The molecule has 2 aromatic rings. The van der Waals surface area contributed by atoms with Gasteiger partial charge in [0.1, 0.15) is 11.5 Å². The molecule has 116 valence electrons. The van der Waals surface area contributed by atoms with Crippen molar-refractivity contribution in [3.05, 3.63) is 52.5 Å². The number of hydrogen-bond acceptors (Lipinski definition) is 3. The van der Waals surface area contributed by atoms with Gasteiger partial charge in [-0.15, -0.1) is 0 Å². The summed E-state index contributed by atoms with van der Waals surface area (Å²) in [5.41, 5.74) is 0.656. The van der Waals surface area contributed by atoms with E-state index in [4.69, 9.17) is 32.7 Å². The molecule has 0 aliphatic rings. The van der Waals surface area contributed by atoms with Gasteiger partial charge >= 0.3 is 0 Å². The molecule has 6 heteroatoms. The van der Waals surface area contributed by atoms with Crippen molar-refractivity contribution in [3.8, 4) is 11.5 Å². The predicted molar refractivity (Wildman–Crippen MR) is 88.2 cm³/mol. The van der Waals surface area contributed by atoms with Crippen LogP contribution < -0.4 is 14.8 Å². The highest BCUT2D eigenvalue weighted by Crippen LogP contribution is 2.28. The summed E-state index contributed by atoms with van der Waals surface area (Å²) in [6.07, 6.45) is -0.708. The fourth-order valence-electron chi connectivity index (χ4n) is 1.73. The zero-order valence-corrected chi connectivity index (χ0v) is 13.6. The minimum atomic E-state index is -0.708. The molecular weight excluding hydrogens is 325 g/mol. The van der Waals surface area contributed by atoms with Gasteiger partial charge in [-0.05, 0) is 49.4 Å². The largest absolute Gasteiger partial charge is 0.497 e. The maximum atomic E-state index is 12.1. The van der Waals surface area contributed by atoms with Gasteiger partial charge in [-0.25, -0.2) is 0 Å². The van der Waals surface area contributed by atoms with Crippen LogP contribution in [0.1, 0.15) is 6.92 Å². The Balaban J connectivity index is 1.99. The molecule has 1 unspecified atom stereocenters. The lowest BCUT2D eigenvalue weighted by molar-refractivity contribution is -0.122. The lowest BCUT2D eigenvalue weighted by Crippen LogP contribution is -2.30. The molecule has 1 atom stereocenters. The zero-order valence-electron chi connectivity index (χ0n) is 12.1. The maximum absolute atomic E-state index is 12.1. The normalized spacial score (nSPS) is 11.6. The van der Waals surface area contributed by atoms with Gasteiger partial charge in [0.15, 0.2) is 6.10 Å². The maximum Gasteiger partial charge on any atom is 0.265 e. The minimum absolute atomic E-state index is 0.281. The Bertz CT molecular complexity index is 659. The van der Waals surface area contributed by atoms with E-state index in [2.05, 4.69) is 5.32 Å². The molecule has 0 saturated carbocycles. The van der Waals surface area contributed by atoms with E-state index in [0.29, 0.717) is 21.5 Å². The van der Waals surface area contributed by atoms with Crippen molar-refractivity contribution in [2.45, 2.75) is 13.0 Å². The Morgan fingerprint density at radius 3 is 2.41 bits per heavy atom. The van der Waals surface area contributed by atoms with Crippen LogP contribution in [0.4, 0.5) is 5.69 Å². The first-order valence-electron chi connectivity index (χ1n) is 6.56. The highest BCUT2D eigenvalue weighted by molar-refractivity contribution is 6.35. The first kappa shape index (κ1) is 16.5. The average Bonchev–Trinajstić information content (AvgIpc) is 2.50. The average molecular weight is 340 g/mol. The quantitative estimate of drug-likeness (QED) is 0.877. The number of carbonyl (C=O) groups is 1. The van der Waals surface area contributed by atoms with Gasteiger partial charge in [0, 0.05) is 10.7 Å². The van der Waals surface area contributed by atoms with Gasteiger partial charge in [0.25, 0.3) is 5.91 Å². The second kappa shape index (κ2) is 7.38. The van der Waals surface area contributed by atoms with Gasteiger partial charge in [-0.2, -0.15) is 0 Å². The van der Waals surface area contributed by atoms with Crippen LogP contribution in [0.2, 0.25) is 10.0 Å². The molecule has 1 N–H and O–H groups in total. The second-order valence-corrected chi connectivity index (χ2v) is 5.40. The Hall–Kier alpha value is -1.91. The highest BCUT2D eigenvalue weighted by atomic mass is 35.5. The first-order chi connectivity index (χ1) is 10.5. The summed E-state index contributed by atoms with van der Waals surface area (Å²) in [7, 11) is 1.58. The van der Waals surface area contributed by atoms with E-state index in [1.54, 1.807) is 56.5 Å². The van der Waals surface area contributed by atoms with Crippen molar-refractivity contribution in [1.29, 1.82) is 0 Å². The lowest BCUT2D eigenvalue weighted by atomic mass is 10.2. The van der Waals surface area contributed by atoms with Crippen LogP contribution in [0, 0.1) is 0 Å². The second-order valence-electron chi connectivity index (χ2n) is 4.55. The predicted octanol–water partition coefficient (Wildman–Crippen LogP) is 4.41. The summed E-state index contributed by atoms with van der Waals surface area (Å²) in [4.78, 5) is 12.1. The van der Waals surface area contributed by atoms with E-state index >= 15 is 0 Å². The topological polar surface area (TPSA) is 47.6 Å². The number of amides is 1. The summed E-state index contributed by atoms with van der Waals surface area (Å²) >= 11 is 11.8. The van der Waals surface area contributed by atoms with Gasteiger partial charge in [0.2, 0.25) is 0 Å². The molecule has 0 aliphatic heterocycles. The standard InChI is InChI=1S/C16H15Cl2NO3/c1-10(22-15-8-3-11(17)9-14(15)18)16(20)19-12-4-6-13(21-2)7-5-12/h3-10H,1-2H3,(H,19,20). The third-order valence-electron chi connectivity index (χ3n) is 2.92. The number of anilines is 1. The van der Waals surface area contributed by atoms with E-state index < -0.39 is 6.10 Å². The molecule has 0 heterocycles. The van der Waals surface area contributed by atoms with E-state index in [9.17, 15) is 4.79 Å². The Labute approximate surface area is 138 Å². The number of halogens is 2. The van der Waals surface area contributed by atoms with Gasteiger partial charge in [-0.1, -0.05) is 23.2 Å². The molecule has 0 aliphatic carbocycles. The number of hydrogen-bond donors (Lipinski definition) is 1. The number of rotatable bonds is 5. The van der Waals surface area contributed by atoms with Crippen LogP contribution in [-0.4, -0.2) is 19.1 Å². The highest BCUT2D eigenvalue weighted by Gasteiger charge is 2.16. The summed E-state index contributed by atoms with van der Waals surface area (Å²) in [6.45, 7) is 1.64. The monoisotopic (exact) mass is 339 g/mol. The Morgan fingerprint density at radius 1 is 1.14 bits per heavy atom. The molecule has 0 spiro atoms. The molecule has 0 bridgehead atoms. The fourth-order valence-corrected chi connectivity index (χ4v) is 2.19. The van der Waals surface area contributed by atoms with Crippen molar-refractivity contribution in [2.24, 2.45) is 0 Å². The number of carbonyl (C=O) groups excluding carboxylic acids is 1. The molecule has 0 fully saturated rings. The van der Waals surface area contributed by atoms with Crippen molar-refractivity contribution < 1.29 is 14.3 Å². The van der Waals surface area contributed by atoms with Crippen molar-refractivity contribution >= 4 is 34.8 Å². The Morgan fingerprint density at radius 2 is 1.82 bits per heavy atom. The van der Waals surface area contributed by atoms with Crippen molar-refractivity contribution in [2.75, 3.05) is 12.4 Å². The molecule has 0 radical (unpaired) electrons. The van der Waals surface area contributed by atoms with Gasteiger partial charge in [-0.3, -0.25) is 4.79 Å². The summed E-state index contributed by atoms with van der Waals surface area (Å²) in [6, 6.07) is 11.9. The van der Waals surface area contributed by atoms with Gasteiger partial charge < -0.3 is 14.8 Å². The van der Waals surface area contributed by atoms with Crippen molar-refractivity contribution in [1.82, 2.24) is 0 Å². The van der Waals surface area contributed by atoms with E-state index in [1.807, 2.05) is 0 Å². The van der Waals surface area contributed by atoms with Crippen LogP contribution in [0.3, 0.4) is 0 Å².